The van der Waals surface area contributed by atoms with Crippen molar-refractivity contribution in [2.45, 2.75) is 12.0 Å². The topological polar surface area (TPSA) is 116 Å². The van der Waals surface area contributed by atoms with Crippen LogP contribution in [-0.4, -0.2) is 52.6 Å². The number of nitrogens with two attached hydrogens (primary N) is 1. The monoisotopic (exact) mass is 458 g/mol. The van der Waals surface area contributed by atoms with Crippen molar-refractivity contribution in [3.05, 3.63) is 71.8 Å². The van der Waals surface area contributed by atoms with Gasteiger partial charge >= 0.3 is 5.97 Å². The average molecular weight is 459 g/mol. The van der Waals surface area contributed by atoms with Crippen LogP contribution in [-0.2, 0) is 14.3 Å². The third-order valence-corrected chi connectivity index (χ3v) is 5.74. The van der Waals surface area contributed by atoms with Crippen molar-refractivity contribution >= 4 is 51.6 Å². The summed E-state index contributed by atoms with van der Waals surface area (Å²) < 4.78 is 4.68. The molecule has 0 aliphatic heterocycles. The Morgan fingerprint density at radius 2 is 1.55 bits per heavy atom. The minimum absolute atomic E-state index is 0.0936. The molecule has 0 heterocycles. The van der Waals surface area contributed by atoms with Crippen molar-refractivity contribution in [2.75, 3.05) is 19.4 Å². The SMILES string of the molecule is COC(=O)[C@@](N)(CSC(=O)c1ccccc1)C(=O)CNC(=S)CC(=O)c1ccccc1. The highest BCUT2D eigenvalue weighted by atomic mass is 32.2. The Morgan fingerprint density at radius 3 is 2.10 bits per heavy atom. The predicted octanol–water partition coefficient (Wildman–Crippen LogP) is 2.19. The Bertz CT molecular complexity index is 966. The molecule has 162 valence electrons. The molecule has 0 unspecified atom stereocenters. The predicted molar refractivity (Wildman–Crippen MR) is 123 cm³/mol. The number of thiocarbonyl (C=S) groups is 1. The van der Waals surface area contributed by atoms with Crippen LogP contribution in [0, 0.1) is 0 Å². The van der Waals surface area contributed by atoms with E-state index >= 15 is 0 Å². The summed E-state index contributed by atoms with van der Waals surface area (Å²) in [5, 5.41) is 2.34. The van der Waals surface area contributed by atoms with E-state index in [-0.39, 0.29) is 34.6 Å². The fourth-order valence-corrected chi connectivity index (χ4v) is 3.69. The second-order valence-corrected chi connectivity index (χ2v) is 8.01. The van der Waals surface area contributed by atoms with Gasteiger partial charge in [-0.2, -0.15) is 0 Å². The summed E-state index contributed by atoms with van der Waals surface area (Å²) in [6, 6.07) is 17.0. The summed E-state index contributed by atoms with van der Waals surface area (Å²) in [5.74, 6) is -2.17. The van der Waals surface area contributed by atoms with Crippen molar-refractivity contribution in [1.82, 2.24) is 5.32 Å². The number of ether oxygens (including phenoxy) is 1. The maximum absolute atomic E-state index is 12.7. The molecule has 0 spiro atoms. The van der Waals surface area contributed by atoms with Crippen LogP contribution in [0.25, 0.3) is 0 Å². The van der Waals surface area contributed by atoms with E-state index < -0.39 is 17.3 Å². The molecule has 9 heteroatoms. The summed E-state index contributed by atoms with van der Waals surface area (Å²) in [5.41, 5.74) is 4.93. The van der Waals surface area contributed by atoms with E-state index in [2.05, 4.69) is 10.1 Å². The van der Waals surface area contributed by atoms with Gasteiger partial charge in [-0.15, -0.1) is 0 Å². The molecule has 0 aliphatic carbocycles. The maximum atomic E-state index is 12.7. The van der Waals surface area contributed by atoms with Crippen molar-refractivity contribution in [2.24, 2.45) is 5.73 Å². The van der Waals surface area contributed by atoms with E-state index in [4.69, 9.17) is 18.0 Å². The van der Waals surface area contributed by atoms with Gasteiger partial charge in [0, 0.05) is 16.9 Å². The van der Waals surface area contributed by atoms with Gasteiger partial charge in [-0.3, -0.25) is 14.4 Å². The van der Waals surface area contributed by atoms with E-state index in [1.54, 1.807) is 60.7 Å². The Kier molecular flexibility index (Phi) is 9.04. The number of rotatable bonds is 10. The zero-order valence-corrected chi connectivity index (χ0v) is 18.5. The number of carbonyl (C=O) groups excluding carboxylic acids is 4. The molecular formula is C22H22N2O5S2. The summed E-state index contributed by atoms with van der Waals surface area (Å²) in [4.78, 5) is 49.6. The van der Waals surface area contributed by atoms with Crippen molar-refractivity contribution in [3.63, 3.8) is 0 Å². The van der Waals surface area contributed by atoms with Crippen LogP contribution in [0.2, 0.25) is 0 Å². The van der Waals surface area contributed by atoms with Gasteiger partial charge in [-0.05, 0) is 0 Å². The fourth-order valence-electron chi connectivity index (χ4n) is 2.54. The number of methoxy groups -OCH3 is 1. The molecule has 2 aromatic carbocycles. The lowest BCUT2D eigenvalue weighted by atomic mass is 9.97. The van der Waals surface area contributed by atoms with Crippen LogP contribution >= 0.6 is 24.0 Å². The molecule has 7 nitrogen and oxygen atoms in total. The number of carbonyl (C=O) groups is 4. The number of ketones is 2. The molecule has 2 aromatic rings. The number of benzene rings is 2. The van der Waals surface area contributed by atoms with Gasteiger partial charge in [0.1, 0.15) is 0 Å². The smallest absolute Gasteiger partial charge is 0.334 e. The molecule has 1 atom stereocenters. The Morgan fingerprint density at radius 1 is 1.00 bits per heavy atom. The van der Waals surface area contributed by atoms with Gasteiger partial charge in [0.15, 0.2) is 17.1 Å². The molecule has 0 bridgehead atoms. The maximum Gasteiger partial charge on any atom is 0.334 e. The molecular weight excluding hydrogens is 436 g/mol. The zero-order chi connectivity index (χ0) is 22.9. The molecule has 2 rings (SSSR count). The lowest BCUT2D eigenvalue weighted by Gasteiger charge is -2.24. The first-order valence-electron chi connectivity index (χ1n) is 9.25. The minimum Gasteiger partial charge on any atom is -0.467 e. The standard InChI is InChI=1S/C22H22N2O5S2/c1-29-21(28)22(23,14-31-20(27)16-10-6-3-7-11-16)18(26)13-24-19(30)12-17(25)15-8-4-2-5-9-15/h2-11H,12-14,23H2,1H3,(H,24,30)/t22-/m1/s1. The Labute approximate surface area is 189 Å². The van der Waals surface area contributed by atoms with E-state index in [1.807, 2.05) is 0 Å². The lowest BCUT2D eigenvalue weighted by molar-refractivity contribution is -0.150. The average Bonchev–Trinajstić information content (AvgIpc) is 2.81. The molecule has 0 aromatic heterocycles. The highest BCUT2D eigenvalue weighted by Gasteiger charge is 2.43. The Hall–Kier alpha value is -2.88. The molecule has 0 saturated heterocycles. The molecule has 0 aliphatic rings. The van der Waals surface area contributed by atoms with Crippen LogP contribution in [0.15, 0.2) is 60.7 Å². The molecule has 31 heavy (non-hydrogen) atoms. The third-order valence-electron chi connectivity index (χ3n) is 4.35. The van der Waals surface area contributed by atoms with Crippen molar-refractivity contribution in [3.8, 4) is 0 Å². The minimum atomic E-state index is -2.05. The zero-order valence-electron chi connectivity index (χ0n) is 16.8. The van der Waals surface area contributed by atoms with Gasteiger partial charge in [0.2, 0.25) is 5.12 Å². The van der Waals surface area contributed by atoms with Crippen molar-refractivity contribution in [1.29, 1.82) is 0 Å². The van der Waals surface area contributed by atoms with E-state index in [1.165, 1.54) is 0 Å². The largest absolute Gasteiger partial charge is 0.467 e. The van der Waals surface area contributed by atoms with Crippen LogP contribution in [0.4, 0.5) is 0 Å². The van der Waals surface area contributed by atoms with Crippen molar-refractivity contribution < 1.29 is 23.9 Å². The second-order valence-electron chi connectivity index (χ2n) is 6.57. The highest BCUT2D eigenvalue weighted by Crippen LogP contribution is 2.19. The van der Waals surface area contributed by atoms with Crippen LogP contribution in [0.3, 0.4) is 0 Å². The number of nitrogens with one attached hydrogen (secondary N) is 1. The molecule has 0 saturated carbocycles. The number of hydrogen-bond donors (Lipinski definition) is 2. The number of esters is 1. The third kappa shape index (κ3) is 6.81. The van der Waals surface area contributed by atoms with Gasteiger partial charge in [-0.25, -0.2) is 4.79 Å². The van der Waals surface area contributed by atoms with Crippen LogP contribution < -0.4 is 11.1 Å². The quantitative estimate of drug-likeness (QED) is 0.239. The first kappa shape index (κ1) is 24.4. The van der Waals surface area contributed by atoms with Crippen LogP contribution in [0.5, 0.6) is 0 Å². The first-order chi connectivity index (χ1) is 14.8. The summed E-state index contributed by atoms with van der Waals surface area (Å²) >= 11 is 5.89. The summed E-state index contributed by atoms with van der Waals surface area (Å²) in [6.45, 7) is -0.382. The molecule has 0 radical (unpaired) electrons. The molecule has 0 fully saturated rings. The first-order valence-corrected chi connectivity index (χ1v) is 10.6. The summed E-state index contributed by atoms with van der Waals surface area (Å²) in [6.07, 6.45) is -0.0936. The number of Topliss-reactive ketones (excluding diaryl/α,β-unsaturated/α-hetero) is 2. The van der Waals surface area contributed by atoms with Gasteiger partial charge < -0.3 is 15.8 Å². The normalized spacial score (nSPS) is 12.3. The van der Waals surface area contributed by atoms with E-state index in [0.717, 1.165) is 18.9 Å². The number of hydrogen-bond acceptors (Lipinski definition) is 8. The summed E-state index contributed by atoms with van der Waals surface area (Å²) in [7, 11) is 1.11. The van der Waals surface area contributed by atoms with E-state index in [9.17, 15) is 19.2 Å². The molecule has 0 amide bonds. The number of thioether (sulfide) groups is 1. The molecule has 3 N–H and O–H groups in total. The van der Waals surface area contributed by atoms with E-state index in [0.29, 0.717) is 11.1 Å². The van der Waals surface area contributed by atoms with Crippen LogP contribution in [0.1, 0.15) is 27.1 Å². The van der Waals surface area contributed by atoms with Gasteiger partial charge in [0.25, 0.3) is 0 Å². The van der Waals surface area contributed by atoms with Gasteiger partial charge in [0.05, 0.1) is 25.1 Å². The highest BCUT2D eigenvalue weighted by molar-refractivity contribution is 8.14. The fraction of sp³-hybridized carbons (Fsp3) is 0.227. The Balaban J connectivity index is 1.97. The second kappa shape index (κ2) is 11.5. The lowest BCUT2D eigenvalue weighted by Crippen LogP contribution is -2.60. The van der Waals surface area contributed by atoms with Gasteiger partial charge in [-0.1, -0.05) is 84.6 Å².